The van der Waals surface area contributed by atoms with Gasteiger partial charge in [-0.2, -0.15) is 4.31 Å². The van der Waals surface area contributed by atoms with Crippen LogP contribution in [-0.2, 0) is 32.8 Å². The summed E-state index contributed by atoms with van der Waals surface area (Å²) in [6.07, 6.45) is 1.62. The molecule has 29 heavy (non-hydrogen) atoms. The lowest BCUT2D eigenvalue weighted by molar-refractivity contribution is 0.409. The van der Waals surface area contributed by atoms with Gasteiger partial charge in [0, 0.05) is 19.3 Å². The van der Waals surface area contributed by atoms with Crippen LogP contribution in [0.1, 0.15) is 11.1 Å². The molecule has 0 saturated heterocycles. The summed E-state index contributed by atoms with van der Waals surface area (Å²) in [5.74, 6) is 0. The molecule has 0 saturated carbocycles. The number of rotatable bonds is 8. The minimum atomic E-state index is -3.88. The SMILES string of the molecule is CS(=O)(=O)c1cccc(S(=O)(=O)N(CCc2ccccc2)Cc2ccccc2)c1. The van der Waals surface area contributed by atoms with E-state index < -0.39 is 19.9 Å². The van der Waals surface area contributed by atoms with Gasteiger partial charge < -0.3 is 0 Å². The molecule has 0 fully saturated rings. The highest BCUT2D eigenvalue weighted by molar-refractivity contribution is 7.91. The van der Waals surface area contributed by atoms with Crippen LogP contribution in [0.3, 0.4) is 0 Å². The zero-order valence-electron chi connectivity index (χ0n) is 16.1. The second kappa shape index (κ2) is 8.90. The van der Waals surface area contributed by atoms with Crippen LogP contribution < -0.4 is 0 Å². The maximum atomic E-state index is 13.4. The Morgan fingerprint density at radius 3 is 1.83 bits per heavy atom. The number of hydrogen-bond donors (Lipinski definition) is 0. The highest BCUT2D eigenvalue weighted by Crippen LogP contribution is 2.22. The third-order valence-corrected chi connectivity index (χ3v) is 7.52. The smallest absolute Gasteiger partial charge is 0.224 e. The molecule has 0 aliphatic carbocycles. The third kappa shape index (κ3) is 5.53. The number of sulfonamides is 1. The number of benzene rings is 3. The highest BCUT2D eigenvalue weighted by Gasteiger charge is 2.25. The average Bonchev–Trinajstić information content (AvgIpc) is 2.72. The van der Waals surface area contributed by atoms with Gasteiger partial charge in [0.1, 0.15) is 0 Å². The Morgan fingerprint density at radius 1 is 0.690 bits per heavy atom. The van der Waals surface area contributed by atoms with Crippen LogP contribution in [0.2, 0.25) is 0 Å². The number of nitrogens with zero attached hydrogens (tertiary/aromatic N) is 1. The van der Waals surface area contributed by atoms with Gasteiger partial charge >= 0.3 is 0 Å². The first-order valence-electron chi connectivity index (χ1n) is 9.15. The summed E-state index contributed by atoms with van der Waals surface area (Å²) in [6, 6.07) is 24.5. The summed E-state index contributed by atoms with van der Waals surface area (Å²) in [6.45, 7) is 0.490. The van der Waals surface area contributed by atoms with Crippen LogP contribution in [0.4, 0.5) is 0 Å². The van der Waals surface area contributed by atoms with Crippen LogP contribution in [0, 0.1) is 0 Å². The molecule has 0 radical (unpaired) electrons. The van der Waals surface area contributed by atoms with Gasteiger partial charge in [0.25, 0.3) is 0 Å². The second-order valence-electron chi connectivity index (χ2n) is 6.81. The molecule has 3 aromatic carbocycles. The number of sulfone groups is 1. The van der Waals surface area contributed by atoms with Crippen LogP contribution in [0.5, 0.6) is 0 Å². The van der Waals surface area contributed by atoms with Crippen LogP contribution in [0.25, 0.3) is 0 Å². The van der Waals surface area contributed by atoms with Crippen LogP contribution >= 0.6 is 0 Å². The van der Waals surface area contributed by atoms with E-state index in [1.165, 1.54) is 28.6 Å². The molecule has 0 spiro atoms. The first-order valence-corrected chi connectivity index (χ1v) is 12.5. The minimum Gasteiger partial charge on any atom is -0.224 e. The quantitative estimate of drug-likeness (QED) is 0.549. The van der Waals surface area contributed by atoms with E-state index in [1.807, 2.05) is 60.7 Å². The van der Waals surface area contributed by atoms with Crippen molar-refractivity contribution in [2.45, 2.75) is 22.8 Å². The standard InChI is InChI=1S/C22H23NO4S2/c1-28(24,25)21-13-8-14-22(17-21)29(26,27)23(18-20-11-6-3-7-12-20)16-15-19-9-4-2-5-10-19/h2-14,17H,15-16,18H2,1H3. The van der Waals surface area contributed by atoms with E-state index in [4.69, 9.17) is 0 Å². The Balaban J connectivity index is 1.95. The summed E-state index contributed by atoms with van der Waals surface area (Å²) < 4.78 is 51.9. The summed E-state index contributed by atoms with van der Waals surface area (Å²) >= 11 is 0. The Labute approximate surface area is 172 Å². The van der Waals surface area contributed by atoms with Gasteiger partial charge in [-0.15, -0.1) is 0 Å². The molecular weight excluding hydrogens is 406 g/mol. The van der Waals surface area contributed by atoms with E-state index in [0.717, 1.165) is 17.4 Å². The lowest BCUT2D eigenvalue weighted by Crippen LogP contribution is -2.32. The predicted molar refractivity (Wildman–Crippen MR) is 114 cm³/mol. The Morgan fingerprint density at radius 2 is 1.24 bits per heavy atom. The van der Waals surface area contributed by atoms with Crippen molar-refractivity contribution < 1.29 is 16.8 Å². The highest BCUT2D eigenvalue weighted by atomic mass is 32.2. The van der Waals surface area contributed by atoms with Gasteiger partial charge in [-0.3, -0.25) is 0 Å². The van der Waals surface area contributed by atoms with Gasteiger partial charge in [-0.1, -0.05) is 66.7 Å². The molecule has 0 heterocycles. The Kier molecular flexibility index (Phi) is 6.52. The van der Waals surface area contributed by atoms with Crippen LogP contribution in [-0.4, -0.2) is 33.9 Å². The van der Waals surface area contributed by atoms with Crippen molar-refractivity contribution in [2.75, 3.05) is 12.8 Å². The monoisotopic (exact) mass is 429 g/mol. The van der Waals surface area contributed by atoms with Crippen molar-refractivity contribution in [1.82, 2.24) is 4.31 Å². The zero-order chi connectivity index (χ0) is 20.9. The molecule has 0 N–H and O–H groups in total. The molecule has 5 nitrogen and oxygen atoms in total. The molecule has 0 aliphatic rings. The summed E-state index contributed by atoms with van der Waals surface area (Å²) in [5, 5.41) is 0. The van der Waals surface area contributed by atoms with Gasteiger partial charge in [-0.25, -0.2) is 16.8 Å². The van der Waals surface area contributed by atoms with Gasteiger partial charge in [0.2, 0.25) is 10.0 Å². The molecule has 152 valence electrons. The first-order chi connectivity index (χ1) is 13.8. The molecule has 0 amide bonds. The molecule has 0 bridgehead atoms. The van der Waals surface area contributed by atoms with E-state index in [2.05, 4.69) is 0 Å². The van der Waals surface area contributed by atoms with E-state index >= 15 is 0 Å². The fraction of sp³-hybridized carbons (Fsp3) is 0.182. The van der Waals surface area contributed by atoms with Crippen molar-refractivity contribution in [3.63, 3.8) is 0 Å². The van der Waals surface area contributed by atoms with Crippen molar-refractivity contribution in [2.24, 2.45) is 0 Å². The third-order valence-electron chi connectivity index (χ3n) is 4.57. The largest absolute Gasteiger partial charge is 0.243 e. The molecule has 7 heteroatoms. The summed E-state index contributed by atoms with van der Waals surface area (Å²) in [5.41, 5.74) is 1.90. The second-order valence-corrected chi connectivity index (χ2v) is 10.8. The fourth-order valence-electron chi connectivity index (χ4n) is 2.98. The lowest BCUT2D eigenvalue weighted by atomic mass is 10.1. The predicted octanol–water partition coefficient (Wildman–Crippen LogP) is 3.52. The minimum absolute atomic E-state index is 0.0127. The lowest BCUT2D eigenvalue weighted by Gasteiger charge is -2.23. The maximum Gasteiger partial charge on any atom is 0.243 e. The van der Waals surface area contributed by atoms with Crippen molar-refractivity contribution in [3.8, 4) is 0 Å². The molecule has 3 aromatic rings. The molecule has 0 unspecified atom stereocenters. The van der Waals surface area contributed by atoms with E-state index in [0.29, 0.717) is 6.42 Å². The van der Waals surface area contributed by atoms with Crippen molar-refractivity contribution in [3.05, 3.63) is 96.1 Å². The van der Waals surface area contributed by atoms with Crippen molar-refractivity contribution >= 4 is 19.9 Å². The maximum absolute atomic E-state index is 13.4. The van der Waals surface area contributed by atoms with Crippen molar-refractivity contribution in [1.29, 1.82) is 0 Å². The first kappa shape index (κ1) is 21.2. The van der Waals surface area contributed by atoms with E-state index in [1.54, 1.807) is 0 Å². The topological polar surface area (TPSA) is 71.5 Å². The zero-order valence-corrected chi connectivity index (χ0v) is 17.7. The normalized spacial score (nSPS) is 12.2. The van der Waals surface area contributed by atoms with E-state index in [9.17, 15) is 16.8 Å². The summed E-state index contributed by atoms with van der Waals surface area (Å²) in [7, 11) is -7.39. The van der Waals surface area contributed by atoms with Gasteiger partial charge in [0.15, 0.2) is 9.84 Å². The molecule has 0 aromatic heterocycles. The molecule has 3 rings (SSSR count). The fourth-order valence-corrected chi connectivity index (χ4v) is 5.20. The van der Waals surface area contributed by atoms with Gasteiger partial charge in [-0.05, 0) is 35.7 Å². The average molecular weight is 430 g/mol. The molecule has 0 atom stereocenters. The van der Waals surface area contributed by atoms with Gasteiger partial charge in [0.05, 0.1) is 9.79 Å². The molecular formula is C22H23NO4S2. The number of hydrogen-bond acceptors (Lipinski definition) is 4. The Hall–Kier alpha value is -2.48. The Bertz CT molecular complexity index is 1160. The van der Waals surface area contributed by atoms with E-state index in [-0.39, 0.29) is 22.9 Å². The summed E-state index contributed by atoms with van der Waals surface area (Å²) in [4.78, 5) is -0.0364. The molecule has 0 aliphatic heterocycles. The van der Waals surface area contributed by atoms with Crippen LogP contribution in [0.15, 0.2) is 94.7 Å².